The van der Waals surface area contributed by atoms with Gasteiger partial charge in [-0.15, -0.1) is 0 Å². The molecule has 1 aromatic rings. The highest BCUT2D eigenvalue weighted by molar-refractivity contribution is 5.38. The largest absolute Gasteiger partial charge is 0.396 e. The molecule has 6 nitrogen and oxygen atoms in total. The van der Waals surface area contributed by atoms with Crippen LogP contribution in [0.3, 0.4) is 0 Å². The Bertz CT molecular complexity index is 458. The first kappa shape index (κ1) is 16.1. The van der Waals surface area contributed by atoms with Gasteiger partial charge in [-0.1, -0.05) is 0 Å². The number of aliphatic hydroxyl groups is 2. The molecule has 1 aliphatic rings. The smallest absolute Gasteiger partial charge is 0.147 e. The topological polar surface area (TPSA) is 78.7 Å². The normalized spacial score (nSPS) is 26.1. The first-order chi connectivity index (χ1) is 10.1. The zero-order chi connectivity index (χ0) is 15.3. The number of ether oxygens (including phenoxy) is 1. The van der Waals surface area contributed by atoms with Crippen LogP contribution < -0.4 is 4.90 Å². The Balaban J connectivity index is 2.13. The fraction of sp³-hybridized carbons (Fsp3) is 0.733. The van der Waals surface area contributed by atoms with Crippen LogP contribution in [0.15, 0.2) is 12.4 Å². The highest BCUT2D eigenvalue weighted by Crippen LogP contribution is 2.36. The second kappa shape index (κ2) is 7.15. The van der Waals surface area contributed by atoms with E-state index in [0.717, 1.165) is 30.9 Å². The third-order valence-electron chi connectivity index (χ3n) is 4.29. The van der Waals surface area contributed by atoms with Crippen LogP contribution in [0.25, 0.3) is 0 Å². The summed E-state index contributed by atoms with van der Waals surface area (Å²) in [6.07, 6.45) is 5.15. The molecular formula is C15H25N3O3. The van der Waals surface area contributed by atoms with Crippen molar-refractivity contribution in [3.8, 4) is 0 Å². The molecule has 0 bridgehead atoms. The summed E-state index contributed by atoms with van der Waals surface area (Å²) < 4.78 is 5.09. The predicted molar refractivity (Wildman–Crippen MR) is 80.2 cm³/mol. The molecule has 0 radical (unpaired) electrons. The minimum absolute atomic E-state index is 0.0341. The van der Waals surface area contributed by atoms with Crippen LogP contribution in [0.1, 0.15) is 25.0 Å². The monoisotopic (exact) mass is 295 g/mol. The third kappa shape index (κ3) is 3.70. The van der Waals surface area contributed by atoms with Crippen LogP contribution in [0.5, 0.6) is 0 Å². The number of piperidine rings is 1. The van der Waals surface area contributed by atoms with Crippen molar-refractivity contribution in [2.75, 3.05) is 38.3 Å². The number of anilines is 1. The molecule has 0 aliphatic carbocycles. The Morgan fingerprint density at radius 3 is 2.95 bits per heavy atom. The number of aliphatic hydroxyl groups excluding tert-OH is 2. The Labute approximate surface area is 125 Å². The molecule has 1 saturated heterocycles. The summed E-state index contributed by atoms with van der Waals surface area (Å²) in [6.45, 7) is 3.83. The van der Waals surface area contributed by atoms with Gasteiger partial charge in [0.2, 0.25) is 0 Å². The van der Waals surface area contributed by atoms with E-state index in [-0.39, 0.29) is 6.61 Å². The number of methoxy groups -OCH3 is 1. The lowest BCUT2D eigenvalue weighted by Crippen LogP contribution is -2.54. The zero-order valence-electron chi connectivity index (χ0n) is 12.8. The van der Waals surface area contributed by atoms with Gasteiger partial charge in [-0.3, -0.25) is 4.98 Å². The predicted octanol–water partition coefficient (Wildman–Crippen LogP) is 0.761. The van der Waals surface area contributed by atoms with Gasteiger partial charge in [0.15, 0.2) is 0 Å². The van der Waals surface area contributed by atoms with Crippen molar-refractivity contribution in [2.45, 2.75) is 32.3 Å². The van der Waals surface area contributed by atoms with E-state index < -0.39 is 11.5 Å². The first-order valence-electron chi connectivity index (χ1n) is 7.43. The van der Waals surface area contributed by atoms with Gasteiger partial charge in [-0.05, 0) is 26.2 Å². The van der Waals surface area contributed by atoms with E-state index in [1.165, 1.54) is 0 Å². The molecule has 0 spiro atoms. The summed E-state index contributed by atoms with van der Waals surface area (Å²) in [5.74, 6) is 0.812. The van der Waals surface area contributed by atoms with Crippen molar-refractivity contribution in [1.29, 1.82) is 0 Å². The number of hydrogen-bond acceptors (Lipinski definition) is 6. The molecule has 0 unspecified atom stereocenters. The van der Waals surface area contributed by atoms with Crippen molar-refractivity contribution in [3.63, 3.8) is 0 Å². The molecule has 2 atom stereocenters. The molecule has 1 aliphatic heterocycles. The second-order valence-electron chi connectivity index (χ2n) is 5.86. The lowest BCUT2D eigenvalue weighted by atomic mass is 9.74. The molecule has 21 heavy (non-hydrogen) atoms. The number of rotatable bonds is 6. The quantitative estimate of drug-likeness (QED) is 0.755. The van der Waals surface area contributed by atoms with Gasteiger partial charge < -0.3 is 19.8 Å². The van der Waals surface area contributed by atoms with Crippen LogP contribution in [0.4, 0.5) is 5.82 Å². The van der Waals surface area contributed by atoms with E-state index in [9.17, 15) is 10.2 Å². The van der Waals surface area contributed by atoms with Gasteiger partial charge >= 0.3 is 0 Å². The van der Waals surface area contributed by atoms with Gasteiger partial charge in [0, 0.05) is 38.4 Å². The Morgan fingerprint density at radius 2 is 2.29 bits per heavy atom. The summed E-state index contributed by atoms with van der Waals surface area (Å²) in [7, 11) is 1.66. The van der Waals surface area contributed by atoms with Crippen molar-refractivity contribution < 1.29 is 14.9 Å². The van der Waals surface area contributed by atoms with Crippen molar-refractivity contribution in [1.82, 2.24) is 9.97 Å². The Morgan fingerprint density at radius 1 is 1.48 bits per heavy atom. The lowest BCUT2D eigenvalue weighted by molar-refractivity contribution is -0.0388. The standard InChI is InChI=1S/C15H25N3O3/c1-12-8-16-9-14(17-12)18-6-4-13(20)15(10-18,11-19)5-3-7-21-2/h8-9,13,19-20H,3-7,10-11H2,1-2H3/t13-,15+/m1/s1. The molecule has 1 fully saturated rings. The summed E-state index contributed by atoms with van der Waals surface area (Å²) in [5, 5.41) is 20.2. The molecule has 2 N–H and O–H groups in total. The van der Waals surface area contributed by atoms with E-state index >= 15 is 0 Å². The van der Waals surface area contributed by atoms with E-state index in [1.807, 2.05) is 6.92 Å². The minimum Gasteiger partial charge on any atom is -0.396 e. The molecule has 6 heteroatoms. The van der Waals surface area contributed by atoms with Gasteiger partial charge in [0.05, 0.1) is 24.6 Å². The number of aromatic nitrogens is 2. The zero-order valence-corrected chi connectivity index (χ0v) is 12.8. The average Bonchev–Trinajstić information content (AvgIpc) is 2.49. The number of hydrogen-bond donors (Lipinski definition) is 2. The Hall–Kier alpha value is -1.24. The number of aryl methyl sites for hydroxylation is 1. The molecule has 0 saturated carbocycles. The van der Waals surface area contributed by atoms with E-state index in [0.29, 0.717) is 19.6 Å². The third-order valence-corrected chi connectivity index (χ3v) is 4.29. The molecular weight excluding hydrogens is 270 g/mol. The summed E-state index contributed by atoms with van der Waals surface area (Å²) >= 11 is 0. The highest BCUT2D eigenvalue weighted by atomic mass is 16.5. The van der Waals surface area contributed by atoms with Crippen LogP contribution >= 0.6 is 0 Å². The summed E-state index contributed by atoms with van der Waals surface area (Å²) in [6, 6.07) is 0. The van der Waals surface area contributed by atoms with Crippen LogP contribution in [-0.2, 0) is 4.74 Å². The molecule has 118 valence electrons. The summed E-state index contributed by atoms with van der Waals surface area (Å²) in [4.78, 5) is 10.8. The summed E-state index contributed by atoms with van der Waals surface area (Å²) in [5.41, 5.74) is 0.356. The van der Waals surface area contributed by atoms with Gasteiger partial charge in [-0.2, -0.15) is 0 Å². The van der Waals surface area contributed by atoms with Crippen LogP contribution in [-0.4, -0.2) is 59.7 Å². The lowest BCUT2D eigenvalue weighted by Gasteiger charge is -2.45. The maximum absolute atomic E-state index is 10.4. The molecule has 1 aromatic heterocycles. The van der Waals surface area contributed by atoms with Crippen molar-refractivity contribution >= 4 is 5.82 Å². The van der Waals surface area contributed by atoms with Crippen molar-refractivity contribution in [2.24, 2.45) is 5.41 Å². The average molecular weight is 295 g/mol. The maximum Gasteiger partial charge on any atom is 0.147 e. The van der Waals surface area contributed by atoms with Crippen molar-refractivity contribution in [3.05, 3.63) is 18.1 Å². The highest BCUT2D eigenvalue weighted by Gasteiger charge is 2.42. The fourth-order valence-corrected chi connectivity index (χ4v) is 3.00. The first-order valence-corrected chi connectivity index (χ1v) is 7.43. The molecule has 2 rings (SSSR count). The fourth-order valence-electron chi connectivity index (χ4n) is 3.00. The minimum atomic E-state index is -0.512. The van der Waals surface area contributed by atoms with Crippen LogP contribution in [0, 0.1) is 12.3 Å². The maximum atomic E-state index is 10.4. The van der Waals surface area contributed by atoms with E-state index in [1.54, 1.807) is 19.5 Å². The van der Waals surface area contributed by atoms with Gasteiger partial charge in [0.1, 0.15) is 5.82 Å². The molecule has 2 heterocycles. The Kier molecular flexibility index (Phi) is 5.50. The molecule has 0 aromatic carbocycles. The van der Waals surface area contributed by atoms with Gasteiger partial charge in [0.25, 0.3) is 0 Å². The second-order valence-corrected chi connectivity index (χ2v) is 5.86. The van der Waals surface area contributed by atoms with E-state index in [4.69, 9.17) is 4.74 Å². The molecule has 0 amide bonds. The van der Waals surface area contributed by atoms with E-state index in [2.05, 4.69) is 14.9 Å². The van der Waals surface area contributed by atoms with Gasteiger partial charge in [-0.25, -0.2) is 4.98 Å². The SMILES string of the molecule is COCCC[C@@]1(CO)CN(c2cncc(C)n2)CC[C@H]1O. The van der Waals surface area contributed by atoms with Crippen LogP contribution in [0.2, 0.25) is 0 Å². The number of nitrogens with zero attached hydrogens (tertiary/aromatic N) is 3.